The summed E-state index contributed by atoms with van der Waals surface area (Å²) >= 11 is 7.54. The van der Waals surface area contributed by atoms with Gasteiger partial charge >= 0.3 is 6.03 Å². The highest BCUT2D eigenvalue weighted by Gasteiger charge is 2.50. The molecule has 0 aliphatic carbocycles. The normalized spacial score (nSPS) is 19.5. The number of nitriles is 1. The molecule has 1 aromatic heterocycles. The van der Waals surface area contributed by atoms with E-state index in [0.29, 0.717) is 15.9 Å². The van der Waals surface area contributed by atoms with Gasteiger partial charge in [0.25, 0.3) is 5.91 Å². The molecular formula is C24H17ClFN5O3S. The molecule has 2 unspecified atom stereocenters. The first-order valence-corrected chi connectivity index (χ1v) is 11.8. The molecule has 8 nitrogen and oxygen atoms in total. The predicted molar refractivity (Wildman–Crippen MR) is 130 cm³/mol. The zero-order valence-electron chi connectivity index (χ0n) is 18.3. The number of thioether (sulfide) groups is 1. The number of methoxy groups -OCH3 is 1. The van der Waals surface area contributed by atoms with Crippen LogP contribution in [0.2, 0.25) is 5.02 Å². The second-order valence-electron chi connectivity index (χ2n) is 7.84. The van der Waals surface area contributed by atoms with Gasteiger partial charge in [0, 0.05) is 27.8 Å². The third kappa shape index (κ3) is 3.87. The summed E-state index contributed by atoms with van der Waals surface area (Å²) in [7, 11) is 1.35. The van der Waals surface area contributed by atoms with Crippen molar-refractivity contribution >= 4 is 56.8 Å². The van der Waals surface area contributed by atoms with Crippen LogP contribution in [-0.4, -0.2) is 52.0 Å². The third-order valence-corrected chi connectivity index (χ3v) is 7.54. The summed E-state index contributed by atoms with van der Waals surface area (Å²) in [6, 6.07) is 10.7. The summed E-state index contributed by atoms with van der Waals surface area (Å²) in [5, 5.41) is 18.0. The summed E-state index contributed by atoms with van der Waals surface area (Å²) in [4.78, 5) is 30.4. The lowest BCUT2D eigenvalue weighted by Crippen LogP contribution is -2.62. The molecular weight excluding hydrogens is 493 g/mol. The summed E-state index contributed by atoms with van der Waals surface area (Å²) in [6.07, 6.45) is 3.40. The lowest BCUT2D eigenvalue weighted by molar-refractivity contribution is -0.119. The van der Waals surface area contributed by atoms with Gasteiger partial charge in [0.2, 0.25) is 0 Å². The Labute approximate surface area is 208 Å². The van der Waals surface area contributed by atoms with E-state index in [1.807, 2.05) is 12.1 Å². The maximum Gasteiger partial charge on any atom is 0.333 e. The van der Waals surface area contributed by atoms with Crippen molar-refractivity contribution in [2.75, 3.05) is 18.6 Å². The third-order valence-electron chi connectivity index (χ3n) is 5.88. The van der Waals surface area contributed by atoms with Crippen molar-refractivity contribution in [2.45, 2.75) is 17.7 Å². The van der Waals surface area contributed by atoms with E-state index in [2.05, 4.69) is 16.3 Å². The fraction of sp³-hybridized carbons (Fsp3) is 0.208. The Bertz CT molecular complexity index is 1440. The van der Waals surface area contributed by atoms with Gasteiger partial charge in [-0.05, 0) is 18.2 Å². The molecule has 0 N–H and O–H groups in total. The van der Waals surface area contributed by atoms with Gasteiger partial charge in [0.1, 0.15) is 5.25 Å². The van der Waals surface area contributed by atoms with Crippen molar-refractivity contribution in [1.29, 1.82) is 5.26 Å². The Kier molecular flexibility index (Phi) is 6.05. The zero-order valence-corrected chi connectivity index (χ0v) is 19.9. The van der Waals surface area contributed by atoms with E-state index in [-0.39, 0.29) is 29.6 Å². The van der Waals surface area contributed by atoms with Gasteiger partial charge in [-0.1, -0.05) is 35.9 Å². The molecule has 2 aromatic carbocycles. The Morgan fingerprint density at radius 3 is 2.86 bits per heavy atom. The van der Waals surface area contributed by atoms with Crippen molar-refractivity contribution in [3.63, 3.8) is 0 Å². The van der Waals surface area contributed by atoms with Crippen LogP contribution in [0.25, 0.3) is 15.7 Å². The average Bonchev–Trinajstić information content (AvgIpc) is 3.29. The van der Waals surface area contributed by atoms with Gasteiger partial charge in [0.15, 0.2) is 17.4 Å². The maximum atomic E-state index is 14.1. The van der Waals surface area contributed by atoms with E-state index in [1.54, 1.807) is 24.4 Å². The SMILES string of the molecule is COc1cc(C2=CC3C(S2)C(=O)N(c2nncc4ccccc24)C(=O)N3CCC#N)c(Cl)cc1F. The highest BCUT2D eigenvalue weighted by molar-refractivity contribution is 8.09. The highest BCUT2D eigenvalue weighted by Crippen LogP contribution is 2.47. The number of amides is 3. The quantitative estimate of drug-likeness (QED) is 0.494. The fourth-order valence-corrected chi connectivity index (χ4v) is 5.90. The Balaban J connectivity index is 1.59. The minimum Gasteiger partial charge on any atom is -0.494 e. The molecule has 5 rings (SSSR count). The number of carbonyl (C=O) groups is 2. The molecule has 1 fully saturated rings. The van der Waals surface area contributed by atoms with Crippen LogP contribution in [-0.2, 0) is 4.79 Å². The van der Waals surface area contributed by atoms with E-state index in [1.165, 1.54) is 29.8 Å². The van der Waals surface area contributed by atoms with Crippen LogP contribution in [0.3, 0.4) is 0 Å². The zero-order chi connectivity index (χ0) is 24.7. The minimum absolute atomic E-state index is 0.0113. The molecule has 11 heteroatoms. The predicted octanol–water partition coefficient (Wildman–Crippen LogP) is 4.64. The number of fused-ring (bicyclic) bond motifs is 2. The smallest absolute Gasteiger partial charge is 0.333 e. The molecule has 176 valence electrons. The molecule has 2 aliphatic heterocycles. The van der Waals surface area contributed by atoms with Crippen molar-refractivity contribution in [3.8, 4) is 11.8 Å². The first-order chi connectivity index (χ1) is 16.9. The molecule has 0 bridgehead atoms. The van der Waals surface area contributed by atoms with Crippen LogP contribution < -0.4 is 9.64 Å². The summed E-state index contributed by atoms with van der Waals surface area (Å²) in [5.74, 6) is -0.920. The Morgan fingerprint density at radius 1 is 1.29 bits per heavy atom. The number of rotatable bonds is 5. The molecule has 35 heavy (non-hydrogen) atoms. The number of anilines is 1. The molecule has 0 radical (unpaired) electrons. The Morgan fingerprint density at radius 2 is 2.09 bits per heavy atom. The fourth-order valence-electron chi connectivity index (χ4n) is 4.23. The van der Waals surface area contributed by atoms with E-state index >= 15 is 0 Å². The van der Waals surface area contributed by atoms with Gasteiger partial charge in [-0.3, -0.25) is 4.79 Å². The maximum absolute atomic E-state index is 14.1. The first kappa shape index (κ1) is 23.1. The van der Waals surface area contributed by atoms with Crippen LogP contribution in [0.4, 0.5) is 15.0 Å². The number of benzene rings is 2. The summed E-state index contributed by atoms with van der Waals surface area (Å²) in [5.41, 5.74) is 0.487. The van der Waals surface area contributed by atoms with Gasteiger partial charge in [0.05, 0.1) is 36.9 Å². The van der Waals surface area contributed by atoms with Crippen LogP contribution in [0.1, 0.15) is 12.0 Å². The van der Waals surface area contributed by atoms with Crippen molar-refractivity contribution in [1.82, 2.24) is 15.1 Å². The van der Waals surface area contributed by atoms with Crippen molar-refractivity contribution in [3.05, 3.63) is 65.1 Å². The van der Waals surface area contributed by atoms with E-state index in [4.69, 9.17) is 16.3 Å². The number of hydrogen-bond acceptors (Lipinski definition) is 7. The van der Waals surface area contributed by atoms with Crippen LogP contribution in [0.5, 0.6) is 5.75 Å². The van der Waals surface area contributed by atoms with Gasteiger partial charge in [-0.15, -0.1) is 16.9 Å². The lowest BCUT2D eigenvalue weighted by Gasteiger charge is -2.40. The van der Waals surface area contributed by atoms with Crippen LogP contribution >= 0.6 is 23.4 Å². The number of aromatic nitrogens is 2. The number of urea groups is 1. The molecule has 3 amide bonds. The van der Waals surface area contributed by atoms with Crippen LogP contribution in [0, 0.1) is 17.1 Å². The number of hydrogen-bond donors (Lipinski definition) is 0. The number of carbonyl (C=O) groups excluding carboxylic acids is 2. The van der Waals surface area contributed by atoms with E-state index in [9.17, 15) is 19.2 Å². The van der Waals surface area contributed by atoms with E-state index < -0.39 is 29.0 Å². The molecule has 1 saturated heterocycles. The molecule has 3 heterocycles. The number of ether oxygens (including phenoxy) is 1. The topological polar surface area (TPSA) is 99.4 Å². The molecule has 2 atom stereocenters. The molecule has 3 aromatic rings. The van der Waals surface area contributed by atoms with Crippen LogP contribution in [0.15, 0.2) is 48.7 Å². The van der Waals surface area contributed by atoms with Crippen molar-refractivity contribution in [2.24, 2.45) is 0 Å². The number of nitrogens with zero attached hydrogens (tertiary/aromatic N) is 5. The second kappa shape index (κ2) is 9.17. The lowest BCUT2D eigenvalue weighted by atomic mass is 10.0. The summed E-state index contributed by atoms with van der Waals surface area (Å²) in [6.45, 7) is 0.114. The summed E-state index contributed by atoms with van der Waals surface area (Å²) < 4.78 is 19.2. The molecule has 0 saturated carbocycles. The number of halogens is 2. The highest BCUT2D eigenvalue weighted by atomic mass is 35.5. The van der Waals surface area contributed by atoms with E-state index in [0.717, 1.165) is 16.4 Å². The van der Waals surface area contributed by atoms with Crippen molar-refractivity contribution < 1.29 is 18.7 Å². The van der Waals surface area contributed by atoms with Gasteiger partial charge in [-0.25, -0.2) is 14.1 Å². The minimum atomic E-state index is -0.714. The van der Waals surface area contributed by atoms with Gasteiger partial charge < -0.3 is 9.64 Å². The molecule has 2 aliphatic rings. The number of imide groups is 1. The first-order valence-electron chi connectivity index (χ1n) is 10.6. The Hall–Kier alpha value is -3.68. The average molecular weight is 510 g/mol. The largest absolute Gasteiger partial charge is 0.494 e. The monoisotopic (exact) mass is 509 g/mol. The second-order valence-corrected chi connectivity index (χ2v) is 9.43. The standard InChI is InChI=1S/C24H17ClFN5O3S/c1-34-19-9-15(16(25)10-17(19)26)20-11-18-21(35-20)23(32)31(24(33)30(18)8-4-7-27)22-14-6-3-2-5-13(14)12-28-29-22/h2-3,5-6,9-12,18,21H,4,8H2,1H3. The van der Waals surface area contributed by atoms with Gasteiger partial charge in [-0.2, -0.15) is 10.4 Å². The molecule has 0 spiro atoms.